The van der Waals surface area contributed by atoms with Crippen molar-refractivity contribution in [1.29, 1.82) is 0 Å². The Morgan fingerprint density at radius 3 is 2.42 bits per heavy atom. The van der Waals surface area contributed by atoms with Crippen molar-refractivity contribution in [3.05, 3.63) is 0 Å². The van der Waals surface area contributed by atoms with Crippen LogP contribution in [-0.4, -0.2) is 33.6 Å². The highest BCUT2D eigenvalue weighted by atomic mass is 79.9. The Balaban J connectivity index is 1.85. The summed E-state index contributed by atoms with van der Waals surface area (Å²) >= 11 is 10.6. The quantitative estimate of drug-likeness (QED) is 0.489. The zero-order valence-corrected chi connectivity index (χ0v) is 14.3. The van der Waals surface area contributed by atoms with Crippen LogP contribution in [0.3, 0.4) is 0 Å². The molecule has 19 heavy (non-hydrogen) atoms. The topological polar surface area (TPSA) is 21.8 Å². The van der Waals surface area contributed by atoms with Gasteiger partial charge in [-0.3, -0.25) is 0 Å². The fraction of sp³-hybridized carbons (Fsp3) is 1.00. The van der Waals surface area contributed by atoms with E-state index in [1.54, 1.807) is 0 Å². The van der Waals surface area contributed by atoms with Gasteiger partial charge >= 0.3 is 0 Å². The Labute approximate surface area is 128 Å². The van der Waals surface area contributed by atoms with Crippen molar-refractivity contribution in [2.45, 2.75) is 80.6 Å². The van der Waals surface area contributed by atoms with Gasteiger partial charge in [-0.15, -0.1) is 11.6 Å². The van der Waals surface area contributed by atoms with E-state index < -0.39 is 0 Å². The molecule has 2 aliphatic heterocycles. The van der Waals surface area contributed by atoms with Gasteiger partial charge < -0.3 is 9.47 Å². The summed E-state index contributed by atoms with van der Waals surface area (Å²) in [4.78, 5) is 0.101. The minimum Gasteiger partial charge on any atom is -0.374 e. The van der Waals surface area contributed by atoms with Gasteiger partial charge in [0.15, 0.2) is 0 Å². The van der Waals surface area contributed by atoms with Crippen LogP contribution >= 0.6 is 27.5 Å². The van der Waals surface area contributed by atoms with E-state index in [2.05, 4.69) is 43.6 Å². The first kappa shape index (κ1) is 13.4. The van der Waals surface area contributed by atoms with Gasteiger partial charge in [0, 0.05) is 22.1 Å². The van der Waals surface area contributed by atoms with Crippen molar-refractivity contribution < 1.29 is 9.47 Å². The summed E-state index contributed by atoms with van der Waals surface area (Å²) in [5.74, 6) is 0. The minimum absolute atomic E-state index is 0.00637. The number of alkyl halides is 2. The van der Waals surface area contributed by atoms with E-state index in [9.17, 15) is 0 Å². The van der Waals surface area contributed by atoms with Crippen molar-refractivity contribution in [3.63, 3.8) is 0 Å². The first-order valence-electron chi connectivity index (χ1n) is 7.31. The highest BCUT2D eigenvalue weighted by molar-refractivity contribution is 9.09. The van der Waals surface area contributed by atoms with E-state index in [4.69, 9.17) is 21.1 Å². The first-order chi connectivity index (χ1) is 8.65. The molecular weight excluding hydrogens is 328 g/mol. The predicted molar refractivity (Wildman–Crippen MR) is 79.0 cm³/mol. The molecule has 2 saturated heterocycles. The average molecular weight is 350 g/mol. The van der Waals surface area contributed by atoms with Crippen LogP contribution in [0.1, 0.15) is 47.0 Å². The summed E-state index contributed by atoms with van der Waals surface area (Å²) in [7, 11) is 0. The molecule has 0 aromatic rings. The van der Waals surface area contributed by atoms with Crippen LogP contribution in [0, 0.1) is 10.8 Å². The summed E-state index contributed by atoms with van der Waals surface area (Å²) in [6, 6.07) is 0. The maximum Gasteiger partial charge on any atom is 0.101 e. The van der Waals surface area contributed by atoms with Crippen molar-refractivity contribution in [3.8, 4) is 0 Å². The van der Waals surface area contributed by atoms with Gasteiger partial charge in [0.25, 0.3) is 0 Å². The normalized spacial score (nSPS) is 65.4. The van der Waals surface area contributed by atoms with Gasteiger partial charge in [0.2, 0.25) is 0 Å². The molecule has 7 atom stereocenters. The van der Waals surface area contributed by atoms with Crippen LogP contribution in [0.15, 0.2) is 0 Å². The molecule has 2 saturated carbocycles. The third kappa shape index (κ3) is 1.28. The van der Waals surface area contributed by atoms with Gasteiger partial charge in [-0.1, -0.05) is 29.8 Å². The maximum absolute atomic E-state index is 6.71. The van der Waals surface area contributed by atoms with Gasteiger partial charge in [-0.05, 0) is 26.7 Å². The van der Waals surface area contributed by atoms with E-state index in [1.807, 2.05) is 0 Å². The van der Waals surface area contributed by atoms with E-state index in [1.165, 1.54) is 0 Å². The molecule has 1 spiro atoms. The third-order valence-corrected chi connectivity index (χ3v) is 8.85. The van der Waals surface area contributed by atoms with E-state index >= 15 is 0 Å². The third-order valence-electron chi connectivity index (χ3n) is 6.83. The Hall–Kier alpha value is 0.690. The number of halogens is 2. The lowest BCUT2D eigenvalue weighted by atomic mass is 9.47. The Morgan fingerprint density at radius 1 is 1.05 bits per heavy atom. The molecule has 108 valence electrons. The van der Waals surface area contributed by atoms with Crippen molar-refractivity contribution in [2.24, 2.45) is 10.8 Å². The fourth-order valence-electron chi connectivity index (χ4n) is 5.42. The van der Waals surface area contributed by atoms with Crippen LogP contribution < -0.4 is 0 Å². The van der Waals surface area contributed by atoms with Gasteiger partial charge in [-0.25, -0.2) is 0 Å². The predicted octanol–water partition coefficient (Wildman–Crippen LogP) is 3.88. The monoisotopic (exact) mass is 348 g/mol. The van der Waals surface area contributed by atoms with Gasteiger partial charge in [0.05, 0.1) is 23.2 Å². The second-order valence-electron chi connectivity index (χ2n) is 7.91. The smallest absolute Gasteiger partial charge is 0.101 e. The number of epoxide rings is 1. The van der Waals surface area contributed by atoms with Crippen molar-refractivity contribution >= 4 is 27.5 Å². The SMILES string of the molecule is CC1(Cl)CC2OC3C[C@@H]4O[C@]4(C)C2(CC1Br)C3(C)C. The van der Waals surface area contributed by atoms with Crippen LogP contribution in [0.25, 0.3) is 0 Å². The summed E-state index contributed by atoms with van der Waals surface area (Å²) in [6.45, 7) is 9.18. The van der Waals surface area contributed by atoms with Crippen LogP contribution in [0.2, 0.25) is 0 Å². The van der Waals surface area contributed by atoms with Crippen LogP contribution in [0.4, 0.5) is 0 Å². The lowest BCUT2D eigenvalue weighted by Crippen LogP contribution is -2.62. The molecule has 4 fully saturated rings. The molecule has 0 N–H and O–H groups in total. The second-order valence-corrected chi connectivity index (χ2v) is 9.88. The van der Waals surface area contributed by atoms with Crippen molar-refractivity contribution in [1.82, 2.24) is 0 Å². The Kier molecular flexibility index (Phi) is 2.37. The average Bonchev–Trinajstić information content (AvgIpc) is 2.88. The molecule has 2 nitrogen and oxygen atoms in total. The fourth-order valence-corrected chi connectivity index (χ4v) is 6.34. The van der Waals surface area contributed by atoms with Gasteiger partial charge in [-0.2, -0.15) is 0 Å². The molecule has 0 aromatic heterocycles. The molecular formula is C15H22BrClO2. The maximum atomic E-state index is 6.71. The number of ether oxygens (including phenoxy) is 2. The Morgan fingerprint density at radius 2 is 1.74 bits per heavy atom. The zero-order chi connectivity index (χ0) is 13.8. The van der Waals surface area contributed by atoms with Crippen LogP contribution in [-0.2, 0) is 9.47 Å². The first-order valence-corrected chi connectivity index (χ1v) is 8.61. The van der Waals surface area contributed by atoms with E-state index in [-0.39, 0.29) is 27.4 Å². The van der Waals surface area contributed by atoms with Crippen LogP contribution in [0.5, 0.6) is 0 Å². The molecule has 0 amide bonds. The lowest BCUT2D eigenvalue weighted by molar-refractivity contribution is -0.0597. The summed E-state index contributed by atoms with van der Waals surface area (Å²) in [5, 5.41) is 0. The minimum atomic E-state index is -0.218. The molecule has 5 unspecified atom stereocenters. The number of hydrogen-bond acceptors (Lipinski definition) is 2. The highest BCUT2D eigenvalue weighted by Gasteiger charge is 2.82. The second kappa shape index (κ2) is 3.37. The molecule has 4 rings (SSSR count). The highest BCUT2D eigenvalue weighted by Crippen LogP contribution is 2.75. The number of rotatable bonds is 0. The molecule has 4 heteroatoms. The standard InChI is InChI=1S/C15H22BrClO2/c1-12(2)9-5-10-14(4,19-10)15(12)6-8(16)13(3,17)7-11(15)18-9/h8-11H,5-7H2,1-4H3/t8?,9?,10-,11?,13?,14-,15?/m0/s1. The molecule has 2 aliphatic carbocycles. The molecule has 4 aliphatic rings. The molecule has 0 radical (unpaired) electrons. The molecule has 0 aromatic carbocycles. The van der Waals surface area contributed by atoms with Gasteiger partial charge in [0.1, 0.15) is 5.60 Å². The summed E-state index contributed by atoms with van der Waals surface area (Å²) in [5.41, 5.74) is 0.266. The number of fused-ring (bicyclic) bond motifs is 2. The largest absolute Gasteiger partial charge is 0.374 e. The zero-order valence-electron chi connectivity index (χ0n) is 12.0. The van der Waals surface area contributed by atoms with Crippen molar-refractivity contribution in [2.75, 3.05) is 0 Å². The summed E-state index contributed by atoms with van der Waals surface area (Å²) < 4.78 is 12.6. The molecule has 2 bridgehead atoms. The lowest BCUT2D eigenvalue weighted by Gasteiger charge is -2.55. The summed E-state index contributed by atoms with van der Waals surface area (Å²) in [6.07, 6.45) is 3.97. The van der Waals surface area contributed by atoms with E-state index in [0.717, 1.165) is 19.3 Å². The molecule has 2 heterocycles. The Bertz CT molecular complexity index is 451. The number of hydrogen-bond donors (Lipinski definition) is 0. The van der Waals surface area contributed by atoms with E-state index in [0.29, 0.717) is 17.0 Å².